The molecule has 0 amide bonds. The van der Waals surface area contributed by atoms with Gasteiger partial charge in [-0.05, 0) is 24.3 Å². The van der Waals surface area contributed by atoms with E-state index in [4.69, 9.17) is 11.1 Å². The van der Waals surface area contributed by atoms with Gasteiger partial charge in [0.15, 0.2) is 5.84 Å². The van der Waals surface area contributed by atoms with Gasteiger partial charge in [0, 0.05) is 35.4 Å². The maximum Gasteiger partial charge on any atom is 0.269 e. The molecular weight excluding hydrogens is 302 g/mol. The standard InChI is InChI=1S/C14H11N5O4/c15-13(9-1-5-11(6-2-9)18(20)21)17-14(16)10-3-7-12(8-4-10)19(22)23/h1-8H,(H3,15,16,17). The highest BCUT2D eigenvalue weighted by molar-refractivity contribution is 6.09. The lowest BCUT2D eigenvalue weighted by Gasteiger charge is -2.02. The first kappa shape index (κ1) is 15.8. The van der Waals surface area contributed by atoms with Gasteiger partial charge in [0.05, 0.1) is 9.85 Å². The topological polar surface area (TPSA) is 149 Å². The first-order valence-electron chi connectivity index (χ1n) is 6.31. The van der Waals surface area contributed by atoms with Crippen LogP contribution in [0.4, 0.5) is 11.4 Å². The first-order valence-corrected chi connectivity index (χ1v) is 6.31. The van der Waals surface area contributed by atoms with E-state index >= 15 is 0 Å². The van der Waals surface area contributed by atoms with Crippen LogP contribution < -0.4 is 5.73 Å². The molecule has 9 heteroatoms. The quantitative estimate of drug-likeness (QED) is 0.384. The fraction of sp³-hybridized carbons (Fsp3) is 0. The second-order valence-corrected chi connectivity index (χ2v) is 4.45. The number of nitro groups is 2. The van der Waals surface area contributed by atoms with Crippen LogP contribution in [0.25, 0.3) is 0 Å². The van der Waals surface area contributed by atoms with Gasteiger partial charge < -0.3 is 5.73 Å². The molecule has 0 spiro atoms. The molecule has 0 aromatic heterocycles. The number of nitrogens with two attached hydrogens (primary N) is 1. The van der Waals surface area contributed by atoms with Crippen molar-refractivity contribution in [2.45, 2.75) is 0 Å². The van der Waals surface area contributed by atoms with Gasteiger partial charge >= 0.3 is 0 Å². The van der Waals surface area contributed by atoms with E-state index in [1.165, 1.54) is 48.5 Å². The average molecular weight is 313 g/mol. The van der Waals surface area contributed by atoms with Crippen molar-refractivity contribution in [3.63, 3.8) is 0 Å². The third-order valence-corrected chi connectivity index (χ3v) is 2.96. The Morgan fingerprint density at radius 1 is 0.870 bits per heavy atom. The van der Waals surface area contributed by atoms with E-state index < -0.39 is 9.85 Å². The minimum Gasteiger partial charge on any atom is -0.383 e. The van der Waals surface area contributed by atoms with Crippen LogP contribution in [-0.4, -0.2) is 21.5 Å². The number of nitrogens with one attached hydrogen (secondary N) is 1. The summed E-state index contributed by atoms with van der Waals surface area (Å²) in [6, 6.07) is 10.8. The molecule has 2 rings (SSSR count). The largest absolute Gasteiger partial charge is 0.383 e. The monoisotopic (exact) mass is 313 g/mol. The number of amidine groups is 2. The van der Waals surface area contributed by atoms with Gasteiger partial charge in [-0.2, -0.15) is 0 Å². The predicted molar refractivity (Wildman–Crippen MR) is 83.7 cm³/mol. The Morgan fingerprint density at radius 3 is 1.65 bits per heavy atom. The van der Waals surface area contributed by atoms with E-state index in [9.17, 15) is 20.2 Å². The lowest BCUT2D eigenvalue weighted by molar-refractivity contribution is -0.385. The SMILES string of the molecule is N=C(N=C(N)c1ccc([N+](=O)[O-])cc1)c1ccc([N+](=O)[O-])cc1. The molecule has 0 saturated heterocycles. The Labute approximate surface area is 129 Å². The van der Waals surface area contributed by atoms with E-state index in [0.717, 1.165) is 0 Å². The fourth-order valence-corrected chi connectivity index (χ4v) is 1.74. The highest BCUT2D eigenvalue weighted by atomic mass is 16.6. The predicted octanol–water partition coefficient (Wildman–Crippen LogP) is 2.23. The first-order chi connectivity index (χ1) is 10.9. The van der Waals surface area contributed by atoms with E-state index in [1.807, 2.05) is 0 Å². The highest BCUT2D eigenvalue weighted by Gasteiger charge is 2.09. The molecule has 2 aromatic rings. The third kappa shape index (κ3) is 3.73. The minimum absolute atomic E-state index is 0.0169. The van der Waals surface area contributed by atoms with Gasteiger partial charge in [-0.3, -0.25) is 25.6 Å². The summed E-state index contributed by atoms with van der Waals surface area (Å²) in [6.45, 7) is 0. The summed E-state index contributed by atoms with van der Waals surface area (Å²) >= 11 is 0. The van der Waals surface area contributed by atoms with Crippen LogP contribution in [0, 0.1) is 25.6 Å². The Morgan fingerprint density at radius 2 is 1.26 bits per heavy atom. The molecule has 0 bridgehead atoms. The molecule has 0 radical (unpaired) electrons. The molecule has 0 atom stereocenters. The van der Waals surface area contributed by atoms with Crippen LogP contribution >= 0.6 is 0 Å². The van der Waals surface area contributed by atoms with Crippen LogP contribution in [0.1, 0.15) is 11.1 Å². The Hall–Kier alpha value is -3.62. The van der Waals surface area contributed by atoms with Gasteiger partial charge in [-0.15, -0.1) is 0 Å². The molecule has 23 heavy (non-hydrogen) atoms. The molecule has 9 nitrogen and oxygen atoms in total. The number of hydrogen-bond donors (Lipinski definition) is 2. The Balaban J connectivity index is 2.20. The number of rotatable bonds is 4. The highest BCUT2D eigenvalue weighted by Crippen LogP contribution is 2.14. The minimum atomic E-state index is -0.540. The van der Waals surface area contributed by atoms with E-state index in [2.05, 4.69) is 4.99 Å². The molecule has 0 fully saturated rings. The fourth-order valence-electron chi connectivity index (χ4n) is 1.74. The van der Waals surface area contributed by atoms with Crippen molar-refractivity contribution in [3.05, 3.63) is 79.9 Å². The van der Waals surface area contributed by atoms with Crippen molar-refractivity contribution in [2.75, 3.05) is 0 Å². The Bertz CT molecular complexity index is 797. The van der Waals surface area contributed by atoms with Gasteiger partial charge in [-0.1, -0.05) is 0 Å². The summed E-state index contributed by atoms with van der Waals surface area (Å²) in [5.74, 6) is -0.154. The second-order valence-electron chi connectivity index (χ2n) is 4.45. The van der Waals surface area contributed by atoms with Crippen LogP contribution in [-0.2, 0) is 0 Å². The molecule has 0 saturated carbocycles. The molecule has 3 N–H and O–H groups in total. The van der Waals surface area contributed by atoms with Gasteiger partial charge in [0.2, 0.25) is 0 Å². The molecule has 116 valence electrons. The van der Waals surface area contributed by atoms with Gasteiger partial charge in [-0.25, -0.2) is 4.99 Å². The number of nitro benzene ring substituents is 2. The molecule has 0 heterocycles. The number of benzene rings is 2. The van der Waals surface area contributed by atoms with Crippen molar-refractivity contribution in [1.82, 2.24) is 0 Å². The molecule has 2 aromatic carbocycles. The van der Waals surface area contributed by atoms with Crippen molar-refractivity contribution in [2.24, 2.45) is 10.7 Å². The molecule has 0 unspecified atom stereocenters. The zero-order valence-corrected chi connectivity index (χ0v) is 11.7. The van der Waals surface area contributed by atoms with Crippen molar-refractivity contribution in [1.29, 1.82) is 5.41 Å². The normalized spacial score (nSPS) is 11.0. The van der Waals surface area contributed by atoms with Crippen LogP contribution in [0.15, 0.2) is 53.5 Å². The summed E-state index contributed by atoms with van der Waals surface area (Å²) in [5, 5.41) is 29.0. The van der Waals surface area contributed by atoms with Gasteiger partial charge in [0.25, 0.3) is 11.4 Å². The van der Waals surface area contributed by atoms with Crippen LogP contribution in [0.2, 0.25) is 0 Å². The number of hydrogen-bond acceptors (Lipinski definition) is 5. The van der Waals surface area contributed by atoms with E-state index in [1.54, 1.807) is 0 Å². The Kier molecular flexibility index (Phi) is 4.41. The van der Waals surface area contributed by atoms with Crippen LogP contribution in [0.3, 0.4) is 0 Å². The van der Waals surface area contributed by atoms with Crippen molar-refractivity contribution in [3.8, 4) is 0 Å². The molecular formula is C14H11N5O4. The number of non-ortho nitro benzene ring substituents is 2. The van der Waals surface area contributed by atoms with Gasteiger partial charge in [0.1, 0.15) is 5.84 Å². The lowest BCUT2D eigenvalue weighted by atomic mass is 10.1. The summed E-state index contributed by atoms with van der Waals surface area (Å²) in [7, 11) is 0. The summed E-state index contributed by atoms with van der Waals surface area (Å²) in [5.41, 5.74) is 6.40. The second kappa shape index (κ2) is 6.43. The van der Waals surface area contributed by atoms with E-state index in [0.29, 0.717) is 11.1 Å². The lowest BCUT2D eigenvalue weighted by Crippen LogP contribution is -2.15. The van der Waals surface area contributed by atoms with Crippen LogP contribution in [0.5, 0.6) is 0 Å². The zero-order valence-electron chi connectivity index (χ0n) is 11.7. The van der Waals surface area contributed by atoms with Crippen molar-refractivity contribution < 1.29 is 9.85 Å². The summed E-state index contributed by atoms with van der Waals surface area (Å²) in [4.78, 5) is 24.0. The number of aliphatic imine (C=N–C) groups is 1. The third-order valence-electron chi connectivity index (χ3n) is 2.96. The maximum absolute atomic E-state index is 10.6. The average Bonchev–Trinajstić information content (AvgIpc) is 2.54. The molecule has 0 aliphatic carbocycles. The molecule has 0 aliphatic heterocycles. The van der Waals surface area contributed by atoms with E-state index in [-0.39, 0.29) is 23.0 Å². The smallest absolute Gasteiger partial charge is 0.269 e. The van der Waals surface area contributed by atoms with Crippen molar-refractivity contribution >= 4 is 23.0 Å². The zero-order chi connectivity index (χ0) is 17.0. The maximum atomic E-state index is 10.6. The molecule has 0 aliphatic rings. The number of nitrogens with zero attached hydrogens (tertiary/aromatic N) is 3. The summed E-state index contributed by atoms with van der Waals surface area (Å²) in [6.07, 6.45) is 0. The summed E-state index contributed by atoms with van der Waals surface area (Å²) < 4.78 is 0.